The maximum atomic E-state index is 4.58. The highest BCUT2D eigenvalue weighted by Gasteiger charge is 2.43. The largest absolute Gasteiger partial charge is 0.356 e. The van der Waals surface area contributed by atoms with Gasteiger partial charge in [0.2, 0.25) is 0 Å². The molecule has 0 aromatic carbocycles. The Balaban J connectivity index is 1.55. The molecule has 4 rings (SSSR count). The third kappa shape index (κ3) is 1.87. The molecule has 2 aromatic rings. The monoisotopic (exact) mass is 271 g/mol. The quantitative estimate of drug-likeness (QED) is 0.841. The lowest BCUT2D eigenvalue weighted by molar-refractivity contribution is 0.207. The van der Waals surface area contributed by atoms with Gasteiger partial charge in [0.25, 0.3) is 0 Å². The van der Waals surface area contributed by atoms with E-state index in [2.05, 4.69) is 33.1 Å². The van der Waals surface area contributed by atoms with Crippen molar-refractivity contribution in [2.45, 2.75) is 39.5 Å². The van der Waals surface area contributed by atoms with Crippen LogP contribution in [0.15, 0.2) is 12.4 Å². The third-order valence-corrected chi connectivity index (χ3v) is 5.25. The SMILES string of the molecule is Cc1nnc2cc(N3CCC(C)(C4CC4)CC3)ncn12. The van der Waals surface area contributed by atoms with E-state index in [-0.39, 0.29) is 0 Å². The summed E-state index contributed by atoms with van der Waals surface area (Å²) in [5.41, 5.74) is 1.47. The highest BCUT2D eigenvalue weighted by Crippen LogP contribution is 2.51. The van der Waals surface area contributed by atoms with E-state index in [1.165, 1.54) is 25.7 Å². The van der Waals surface area contributed by atoms with Gasteiger partial charge < -0.3 is 4.90 Å². The van der Waals surface area contributed by atoms with Crippen LogP contribution in [0.4, 0.5) is 5.82 Å². The van der Waals surface area contributed by atoms with Crippen molar-refractivity contribution in [3.05, 3.63) is 18.2 Å². The molecule has 0 atom stereocenters. The van der Waals surface area contributed by atoms with Crippen LogP contribution in [0.2, 0.25) is 0 Å². The molecule has 0 N–H and O–H groups in total. The van der Waals surface area contributed by atoms with E-state index in [4.69, 9.17) is 0 Å². The first-order valence-electron chi connectivity index (χ1n) is 7.58. The van der Waals surface area contributed by atoms with E-state index in [1.54, 1.807) is 0 Å². The Labute approximate surface area is 119 Å². The average molecular weight is 271 g/mol. The van der Waals surface area contributed by atoms with E-state index in [9.17, 15) is 0 Å². The summed E-state index contributed by atoms with van der Waals surface area (Å²) < 4.78 is 1.93. The Kier molecular flexibility index (Phi) is 2.53. The second-order valence-corrected chi connectivity index (χ2v) is 6.64. The Morgan fingerprint density at radius 2 is 1.95 bits per heavy atom. The van der Waals surface area contributed by atoms with Gasteiger partial charge >= 0.3 is 0 Å². The van der Waals surface area contributed by atoms with Crippen LogP contribution in [0.1, 0.15) is 38.4 Å². The molecule has 0 bridgehead atoms. The van der Waals surface area contributed by atoms with Crippen LogP contribution in [0.5, 0.6) is 0 Å². The second-order valence-electron chi connectivity index (χ2n) is 6.64. The number of hydrogen-bond donors (Lipinski definition) is 0. The Bertz CT molecular complexity index is 635. The first-order chi connectivity index (χ1) is 9.66. The van der Waals surface area contributed by atoms with E-state index in [0.29, 0.717) is 5.41 Å². The van der Waals surface area contributed by atoms with Gasteiger partial charge in [0.1, 0.15) is 18.0 Å². The van der Waals surface area contributed by atoms with Gasteiger partial charge in [-0.25, -0.2) is 4.98 Å². The van der Waals surface area contributed by atoms with Gasteiger partial charge in [0.05, 0.1) is 0 Å². The molecule has 0 radical (unpaired) electrons. The lowest BCUT2D eigenvalue weighted by Gasteiger charge is -2.40. The molecule has 1 saturated heterocycles. The number of aromatic nitrogens is 4. The van der Waals surface area contributed by atoms with E-state index < -0.39 is 0 Å². The molecule has 0 unspecified atom stereocenters. The summed E-state index contributed by atoms with van der Waals surface area (Å²) in [4.78, 5) is 6.98. The Hall–Kier alpha value is -1.65. The summed E-state index contributed by atoms with van der Waals surface area (Å²) in [6, 6.07) is 2.06. The predicted molar refractivity (Wildman–Crippen MR) is 77.8 cm³/mol. The number of nitrogens with zero attached hydrogens (tertiary/aromatic N) is 5. The van der Waals surface area contributed by atoms with Gasteiger partial charge in [0, 0.05) is 19.2 Å². The van der Waals surface area contributed by atoms with Crippen LogP contribution in [0.25, 0.3) is 5.65 Å². The van der Waals surface area contributed by atoms with E-state index in [1.807, 2.05) is 17.7 Å². The normalized spacial score (nSPS) is 22.4. The molecule has 3 heterocycles. The fourth-order valence-corrected chi connectivity index (χ4v) is 3.50. The highest BCUT2D eigenvalue weighted by molar-refractivity contribution is 5.51. The fraction of sp³-hybridized carbons (Fsp3) is 0.667. The van der Waals surface area contributed by atoms with Crippen molar-refractivity contribution in [3.8, 4) is 0 Å². The molecular formula is C15H21N5. The molecule has 5 heteroatoms. The lowest BCUT2D eigenvalue weighted by Crippen LogP contribution is -2.40. The Morgan fingerprint density at radius 3 is 2.65 bits per heavy atom. The molecular weight excluding hydrogens is 250 g/mol. The molecule has 5 nitrogen and oxygen atoms in total. The molecule has 2 aromatic heterocycles. The maximum absolute atomic E-state index is 4.58. The summed E-state index contributed by atoms with van der Waals surface area (Å²) in [5.74, 6) is 2.92. The zero-order valence-electron chi connectivity index (χ0n) is 12.2. The molecule has 106 valence electrons. The molecule has 2 fully saturated rings. The highest BCUT2D eigenvalue weighted by atomic mass is 15.3. The minimum absolute atomic E-state index is 0.575. The fourth-order valence-electron chi connectivity index (χ4n) is 3.50. The van der Waals surface area contributed by atoms with E-state index in [0.717, 1.165) is 36.3 Å². The summed E-state index contributed by atoms with van der Waals surface area (Å²) >= 11 is 0. The van der Waals surface area contributed by atoms with Crippen molar-refractivity contribution in [2.24, 2.45) is 11.3 Å². The topological polar surface area (TPSA) is 46.3 Å². The van der Waals surface area contributed by atoms with Crippen molar-refractivity contribution in [3.63, 3.8) is 0 Å². The minimum Gasteiger partial charge on any atom is -0.356 e. The van der Waals surface area contributed by atoms with Gasteiger partial charge in [-0.05, 0) is 43.9 Å². The molecule has 1 aliphatic carbocycles. The summed E-state index contributed by atoms with van der Waals surface area (Å²) in [5, 5.41) is 8.28. The van der Waals surface area contributed by atoms with Crippen LogP contribution in [0, 0.1) is 18.3 Å². The van der Waals surface area contributed by atoms with Crippen molar-refractivity contribution in [2.75, 3.05) is 18.0 Å². The molecule has 2 aliphatic rings. The van der Waals surface area contributed by atoms with Crippen molar-refractivity contribution in [1.29, 1.82) is 0 Å². The van der Waals surface area contributed by atoms with Crippen LogP contribution >= 0.6 is 0 Å². The van der Waals surface area contributed by atoms with Crippen LogP contribution in [0.3, 0.4) is 0 Å². The molecule has 1 aliphatic heterocycles. The van der Waals surface area contributed by atoms with Gasteiger partial charge in [-0.15, -0.1) is 10.2 Å². The predicted octanol–water partition coefficient (Wildman–Crippen LogP) is 2.45. The van der Waals surface area contributed by atoms with E-state index >= 15 is 0 Å². The summed E-state index contributed by atoms with van der Waals surface area (Å²) in [6.45, 7) is 6.65. The summed E-state index contributed by atoms with van der Waals surface area (Å²) in [7, 11) is 0. The van der Waals surface area contributed by atoms with Gasteiger partial charge in [-0.1, -0.05) is 6.92 Å². The number of piperidine rings is 1. The minimum atomic E-state index is 0.575. The zero-order valence-corrected chi connectivity index (χ0v) is 12.2. The lowest BCUT2D eigenvalue weighted by atomic mass is 9.76. The maximum Gasteiger partial charge on any atom is 0.165 e. The van der Waals surface area contributed by atoms with Crippen LogP contribution in [-0.2, 0) is 0 Å². The Morgan fingerprint density at radius 1 is 1.20 bits per heavy atom. The van der Waals surface area contributed by atoms with Gasteiger partial charge in [0.15, 0.2) is 5.65 Å². The smallest absolute Gasteiger partial charge is 0.165 e. The molecule has 0 amide bonds. The molecule has 1 saturated carbocycles. The number of rotatable bonds is 2. The first-order valence-corrected chi connectivity index (χ1v) is 7.58. The molecule has 0 spiro atoms. The van der Waals surface area contributed by atoms with Crippen molar-refractivity contribution < 1.29 is 0 Å². The van der Waals surface area contributed by atoms with Crippen LogP contribution < -0.4 is 4.90 Å². The second kappa shape index (κ2) is 4.17. The first kappa shape index (κ1) is 12.1. The van der Waals surface area contributed by atoms with Gasteiger partial charge in [-0.3, -0.25) is 4.40 Å². The van der Waals surface area contributed by atoms with Gasteiger partial charge in [-0.2, -0.15) is 0 Å². The number of aryl methyl sites for hydroxylation is 1. The third-order valence-electron chi connectivity index (χ3n) is 5.25. The van der Waals surface area contributed by atoms with Crippen LogP contribution in [-0.4, -0.2) is 32.7 Å². The zero-order chi connectivity index (χ0) is 13.7. The molecule has 20 heavy (non-hydrogen) atoms. The standard InChI is InChI=1S/C15H21N5/c1-11-17-18-14-9-13(16-10-20(11)14)19-7-5-15(2,6-8-19)12-3-4-12/h9-10,12H,3-8H2,1-2H3. The number of anilines is 1. The number of hydrogen-bond acceptors (Lipinski definition) is 4. The average Bonchev–Trinajstić information content (AvgIpc) is 3.26. The van der Waals surface area contributed by atoms with Crippen molar-refractivity contribution >= 4 is 11.5 Å². The summed E-state index contributed by atoms with van der Waals surface area (Å²) in [6.07, 6.45) is 7.31. The van der Waals surface area contributed by atoms with Crippen molar-refractivity contribution in [1.82, 2.24) is 19.6 Å². The number of fused-ring (bicyclic) bond motifs is 1.